The summed E-state index contributed by atoms with van der Waals surface area (Å²) in [5, 5.41) is 0. The van der Waals surface area contributed by atoms with Crippen LogP contribution < -0.4 is 0 Å². The number of carbonyl (C=O) groups excluding carboxylic acids is 1. The Balaban J connectivity index is 1.67. The number of likely N-dealkylation sites (N-methyl/N-ethyl adjacent to an activating group) is 1. The Morgan fingerprint density at radius 1 is 1.32 bits per heavy atom. The topological polar surface area (TPSA) is 20.3 Å². The highest BCUT2D eigenvalue weighted by Crippen LogP contribution is 2.31. The molecule has 1 aromatic heterocycles. The average Bonchev–Trinajstić information content (AvgIpc) is 3.20. The van der Waals surface area contributed by atoms with E-state index < -0.39 is 0 Å². The van der Waals surface area contributed by atoms with Crippen molar-refractivity contribution in [1.82, 2.24) is 4.90 Å². The van der Waals surface area contributed by atoms with Gasteiger partial charge in [0.1, 0.15) is 5.82 Å². The molecular weight excluding hydrogens is 297 g/mol. The summed E-state index contributed by atoms with van der Waals surface area (Å²) in [5.74, 6) is 0.490. The summed E-state index contributed by atoms with van der Waals surface area (Å²) in [5.41, 5.74) is 0.601. The quantitative estimate of drug-likeness (QED) is 0.747. The van der Waals surface area contributed by atoms with Crippen molar-refractivity contribution in [1.29, 1.82) is 0 Å². The van der Waals surface area contributed by atoms with Gasteiger partial charge in [0, 0.05) is 35.0 Å². The molecule has 0 aliphatic heterocycles. The second-order valence-corrected chi connectivity index (χ2v) is 6.79. The van der Waals surface area contributed by atoms with Crippen molar-refractivity contribution >= 4 is 23.3 Å². The summed E-state index contributed by atoms with van der Waals surface area (Å²) in [6, 6.07) is 10.5. The van der Waals surface area contributed by atoms with Gasteiger partial charge in [0.2, 0.25) is 5.91 Å². The van der Waals surface area contributed by atoms with Crippen LogP contribution in [0.5, 0.6) is 0 Å². The maximum absolute atomic E-state index is 13.8. The number of rotatable bonds is 5. The molecule has 22 heavy (non-hydrogen) atoms. The van der Waals surface area contributed by atoms with Gasteiger partial charge in [-0.2, -0.15) is 0 Å². The van der Waals surface area contributed by atoms with Crippen molar-refractivity contribution in [2.75, 3.05) is 13.6 Å². The Morgan fingerprint density at radius 3 is 2.82 bits per heavy atom. The lowest BCUT2D eigenvalue weighted by Crippen LogP contribution is -2.26. The first-order chi connectivity index (χ1) is 10.6. The third-order valence-corrected chi connectivity index (χ3v) is 4.85. The minimum absolute atomic E-state index is 0.0211. The van der Waals surface area contributed by atoms with E-state index in [2.05, 4.69) is 0 Å². The molecule has 2 nitrogen and oxygen atoms in total. The van der Waals surface area contributed by atoms with Crippen LogP contribution in [0.3, 0.4) is 0 Å². The van der Waals surface area contributed by atoms with Gasteiger partial charge in [0.25, 0.3) is 0 Å². The molecule has 0 atom stereocenters. The first-order valence-corrected chi connectivity index (χ1v) is 8.23. The first kappa shape index (κ1) is 15.0. The van der Waals surface area contributed by atoms with Crippen LogP contribution in [-0.2, 0) is 4.79 Å². The van der Waals surface area contributed by atoms with E-state index in [1.807, 2.05) is 25.2 Å². The number of amides is 1. The summed E-state index contributed by atoms with van der Waals surface area (Å²) in [6.45, 7) is 0.841. The molecular formula is C18H18FNOS. The van der Waals surface area contributed by atoms with Crippen molar-refractivity contribution in [2.24, 2.45) is 5.92 Å². The zero-order valence-corrected chi connectivity index (χ0v) is 13.3. The lowest BCUT2D eigenvalue weighted by molar-refractivity contribution is -0.124. The van der Waals surface area contributed by atoms with Crippen LogP contribution in [0.25, 0.3) is 16.5 Å². The Kier molecular flexibility index (Phi) is 4.39. The van der Waals surface area contributed by atoms with E-state index in [9.17, 15) is 9.18 Å². The number of benzene rings is 1. The van der Waals surface area contributed by atoms with Crippen LogP contribution in [0.4, 0.5) is 4.39 Å². The average molecular weight is 315 g/mol. The minimum Gasteiger partial charge on any atom is -0.342 e. The molecule has 0 unspecified atom stereocenters. The molecule has 3 rings (SSSR count). The van der Waals surface area contributed by atoms with Crippen molar-refractivity contribution in [2.45, 2.75) is 12.8 Å². The van der Waals surface area contributed by atoms with Crippen LogP contribution in [0.15, 0.2) is 42.5 Å². The zero-order chi connectivity index (χ0) is 15.5. The third kappa shape index (κ3) is 3.63. The van der Waals surface area contributed by atoms with Crippen LogP contribution in [-0.4, -0.2) is 24.4 Å². The Hall–Kier alpha value is -1.94. The normalized spacial score (nSPS) is 14.5. The highest BCUT2D eigenvalue weighted by molar-refractivity contribution is 7.16. The predicted octanol–water partition coefficient (Wildman–Crippen LogP) is 4.44. The smallest absolute Gasteiger partial charge is 0.246 e. The molecule has 1 heterocycles. The van der Waals surface area contributed by atoms with Crippen molar-refractivity contribution in [3.63, 3.8) is 0 Å². The third-order valence-electron chi connectivity index (χ3n) is 3.76. The monoisotopic (exact) mass is 315 g/mol. The zero-order valence-electron chi connectivity index (χ0n) is 12.5. The molecule has 114 valence electrons. The fourth-order valence-corrected chi connectivity index (χ4v) is 3.24. The van der Waals surface area contributed by atoms with E-state index in [1.165, 1.54) is 30.2 Å². The van der Waals surface area contributed by atoms with Gasteiger partial charge in [0.15, 0.2) is 0 Å². The molecule has 2 aromatic rings. The summed E-state index contributed by atoms with van der Waals surface area (Å²) in [7, 11) is 1.84. The number of hydrogen-bond donors (Lipinski definition) is 0. The van der Waals surface area contributed by atoms with Gasteiger partial charge in [-0.1, -0.05) is 18.2 Å². The van der Waals surface area contributed by atoms with Gasteiger partial charge in [-0.25, -0.2) is 4.39 Å². The van der Waals surface area contributed by atoms with E-state index in [-0.39, 0.29) is 11.7 Å². The second kappa shape index (κ2) is 6.44. The van der Waals surface area contributed by atoms with Gasteiger partial charge in [0.05, 0.1) is 0 Å². The Bertz CT molecular complexity index is 703. The van der Waals surface area contributed by atoms with E-state index in [4.69, 9.17) is 0 Å². The SMILES string of the molecule is CN(CC1CC1)C(=O)C=Cc1ccc(-c2ccccc2F)s1. The van der Waals surface area contributed by atoms with Crippen molar-refractivity contribution in [3.05, 3.63) is 53.2 Å². The summed E-state index contributed by atoms with van der Waals surface area (Å²) in [4.78, 5) is 15.6. The second-order valence-electron chi connectivity index (χ2n) is 5.68. The Morgan fingerprint density at radius 2 is 2.09 bits per heavy atom. The molecule has 1 aliphatic rings. The molecule has 0 bridgehead atoms. The van der Waals surface area contributed by atoms with Crippen LogP contribution in [0, 0.1) is 11.7 Å². The molecule has 0 N–H and O–H groups in total. The molecule has 1 saturated carbocycles. The van der Waals surface area contributed by atoms with Crippen molar-refractivity contribution in [3.8, 4) is 10.4 Å². The lowest BCUT2D eigenvalue weighted by atomic mass is 10.2. The van der Waals surface area contributed by atoms with Gasteiger partial charge in [-0.05, 0) is 43.0 Å². The Labute approximate surface area is 133 Å². The molecule has 1 aromatic carbocycles. The first-order valence-electron chi connectivity index (χ1n) is 7.41. The summed E-state index contributed by atoms with van der Waals surface area (Å²) >= 11 is 1.48. The maximum Gasteiger partial charge on any atom is 0.246 e. The largest absolute Gasteiger partial charge is 0.342 e. The van der Waals surface area contributed by atoms with E-state index >= 15 is 0 Å². The van der Waals surface area contributed by atoms with E-state index in [1.54, 1.807) is 29.2 Å². The predicted molar refractivity (Wildman–Crippen MR) is 89.1 cm³/mol. The number of hydrogen-bond acceptors (Lipinski definition) is 2. The van der Waals surface area contributed by atoms with Crippen molar-refractivity contribution < 1.29 is 9.18 Å². The van der Waals surface area contributed by atoms with Gasteiger partial charge in [-0.3, -0.25) is 4.79 Å². The maximum atomic E-state index is 13.8. The minimum atomic E-state index is -0.222. The number of carbonyl (C=O) groups is 1. The molecule has 1 fully saturated rings. The van der Waals surface area contributed by atoms with Gasteiger partial charge in [-0.15, -0.1) is 11.3 Å². The summed E-state index contributed by atoms with van der Waals surface area (Å²) < 4.78 is 13.8. The molecule has 4 heteroatoms. The fourth-order valence-electron chi connectivity index (χ4n) is 2.31. The highest BCUT2D eigenvalue weighted by Gasteiger charge is 2.23. The fraction of sp³-hybridized carbons (Fsp3) is 0.278. The van der Waals surface area contributed by atoms with E-state index in [0.29, 0.717) is 11.5 Å². The standard InChI is InChI=1S/C18H18FNOS/c1-20(12-13-6-7-13)18(21)11-9-14-8-10-17(22-14)15-4-2-3-5-16(15)19/h2-5,8-11,13H,6-7,12H2,1H3. The lowest BCUT2D eigenvalue weighted by Gasteiger charge is -2.13. The number of nitrogens with zero attached hydrogens (tertiary/aromatic N) is 1. The van der Waals surface area contributed by atoms with Gasteiger partial charge >= 0.3 is 0 Å². The van der Waals surface area contributed by atoms with Crippen LogP contribution >= 0.6 is 11.3 Å². The molecule has 0 saturated heterocycles. The van der Waals surface area contributed by atoms with Crippen LogP contribution in [0.2, 0.25) is 0 Å². The molecule has 0 radical (unpaired) electrons. The molecule has 1 aliphatic carbocycles. The number of halogens is 1. The molecule has 0 spiro atoms. The summed E-state index contributed by atoms with van der Waals surface area (Å²) in [6.07, 6.45) is 5.87. The van der Waals surface area contributed by atoms with Crippen LogP contribution in [0.1, 0.15) is 17.7 Å². The highest BCUT2D eigenvalue weighted by atomic mass is 32.1. The van der Waals surface area contributed by atoms with Gasteiger partial charge < -0.3 is 4.90 Å². The number of thiophene rings is 1. The van der Waals surface area contributed by atoms with E-state index in [0.717, 1.165) is 16.3 Å². The molecule has 1 amide bonds.